The van der Waals surface area contributed by atoms with Gasteiger partial charge in [-0.3, -0.25) is 4.79 Å². The summed E-state index contributed by atoms with van der Waals surface area (Å²) in [5.74, 6) is 0.113. The molecule has 0 aliphatic heterocycles. The SMILES string of the molecule is Cl.NCCCN(Cc1ccccc1)C(=O)CCCNC(=O)NC1CCCCC1. The quantitative estimate of drug-likeness (QED) is 0.517. The van der Waals surface area contributed by atoms with Crippen molar-refractivity contribution >= 4 is 24.3 Å². The van der Waals surface area contributed by atoms with Crippen molar-refractivity contribution < 1.29 is 9.59 Å². The van der Waals surface area contributed by atoms with Gasteiger partial charge in [0.05, 0.1) is 0 Å². The molecule has 1 saturated carbocycles. The van der Waals surface area contributed by atoms with Crippen molar-refractivity contribution in [2.45, 2.75) is 64.0 Å². The van der Waals surface area contributed by atoms with Crippen LogP contribution in [0.4, 0.5) is 4.79 Å². The largest absolute Gasteiger partial charge is 0.338 e. The lowest BCUT2D eigenvalue weighted by atomic mass is 9.96. The summed E-state index contributed by atoms with van der Waals surface area (Å²) in [4.78, 5) is 26.4. The van der Waals surface area contributed by atoms with E-state index in [1.807, 2.05) is 35.2 Å². The number of nitrogens with zero attached hydrogens (tertiary/aromatic N) is 1. The molecule has 0 atom stereocenters. The number of hydrogen-bond acceptors (Lipinski definition) is 3. The standard InChI is InChI=1S/C21H34N4O2.ClH/c22-14-8-16-25(17-18-9-3-1-4-10-18)20(26)13-7-15-23-21(27)24-19-11-5-2-6-12-19;/h1,3-4,9-10,19H,2,5-8,11-17,22H2,(H2,23,24,27);1H. The molecule has 0 bridgehead atoms. The summed E-state index contributed by atoms with van der Waals surface area (Å²) >= 11 is 0. The van der Waals surface area contributed by atoms with Gasteiger partial charge in [0.15, 0.2) is 0 Å². The molecule has 0 heterocycles. The van der Waals surface area contributed by atoms with Crippen LogP contribution in [0.15, 0.2) is 30.3 Å². The van der Waals surface area contributed by atoms with Crippen LogP contribution in [0.2, 0.25) is 0 Å². The topological polar surface area (TPSA) is 87.5 Å². The Morgan fingerprint density at radius 2 is 1.79 bits per heavy atom. The Kier molecular flexibility index (Phi) is 12.3. The van der Waals surface area contributed by atoms with Crippen molar-refractivity contribution in [3.05, 3.63) is 35.9 Å². The molecule has 2 rings (SSSR count). The highest BCUT2D eigenvalue weighted by Crippen LogP contribution is 2.17. The molecule has 1 aromatic rings. The molecule has 7 heteroatoms. The molecule has 1 fully saturated rings. The van der Waals surface area contributed by atoms with E-state index in [0.29, 0.717) is 45.1 Å². The van der Waals surface area contributed by atoms with Gasteiger partial charge >= 0.3 is 6.03 Å². The number of hydrogen-bond donors (Lipinski definition) is 3. The average molecular weight is 411 g/mol. The van der Waals surface area contributed by atoms with E-state index in [1.54, 1.807) is 0 Å². The normalized spacial score (nSPS) is 14.0. The van der Waals surface area contributed by atoms with Crippen molar-refractivity contribution in [2.75, 3.05) is 19.6 Å². The summed E-state index contributed by atoms with van der Waals surface area (Å²) in [6.07, 6.45) is 7.67. The molecule has 0 saturated heterocycles. The van der Waals surface area contributed by atoms with E-state index in [1.165, 1.54) is 19.3 Å². The molecule has 1 aliphatic carbocycles. The molecule has 1 aliphatic rings. The van der Waals surface area contributed by atoms with Gasteiger partial charge in [-0.15, -0.1) is 12.4 Å². The van der Waals surface area contributed by atoms with Gasteiger partial charge in [0.2, 0.25) is 5.91 Å². The molecule has 3 amide bonds. The van der Waals surface area contributed by atoms with Crippen LogP contribution in [-0.2, 0) is 11.3 Å². The highest BCUT2D eigenvalue weighted by molar-refractivity contribution is 5.85. The third-order valence-electron chi connectivity index (χ3n) is 4.99. The first-order chi connectivity index (χ1) is 13.2. The van der Waals surface area contributed by atoms with Crippen molar-refractivity contribution in [1.29, 1.82) is 0 Å². The average Bonchev–Trinajstić information content (AvgIpc) is 2.70. The third kappa shape index (κ3) is 9.42. The van der Waals surface area contributed by atoms with Crippen LogP contribution in [0, 0.1) is 0 Å². The fourth-order valence-corrected chi connectivity index (χ4v) is 3.46. The Morgan fingerprint density at radius 1 is 1.07 bits per heavy atom. The van der Waals surface area contributed by atoms with Crippen LogP contribution in [0.1, 0.15) is 56.9 Å². The van der Waals surface area contributed by atoms with E-state index >= 15 is 0 Å². The number of benzene rings is 1. The number of rotatable bonds is 10. The Labute approximate surface area is 175 Å². The summed E-state index contributed by atoms with van der Waals surface area (Å²) in [5.41, 5.74) is 6.73. The Morgan fingerprint density at radius 3 is 2.46 bits per heavy atom. The highest BCUT2D eigenvalue weighted by Gasteiger charge is 2.16. The minimum Gasteiger partial charge on any atom is -0.338 e. The lowest BCUT2D eigenvalue weighted by Crippen LogP contribution is -2.43. The summed E-state index contributed by atoms with van der Waals surface area (Å²) in [6, 6.07) is 10.2. The van der Waals surface area contributed by atoms with Crippen LogP contribution in [-0.4, -0.2) is 42.5 Å². The van der Waals surface area contributed by atoms with Gasteiger partial charge < -0.3 is 21.3 Å². The van der Waals surface area contributed by atoms with Crippen LogP contribution in [0.5, 0.6) is 0 Å². The summed E-state index contributed by atoms with van der Waals surface area (Å²) in [6.45, 7) is 2.36. The molecular weight excluding hydrogens is 376 g/mol. The zero-order valence-electron chi connectivity index (χ0n) is 16.7. The van der Waals surface area contributed by atoms with E-state index in [4.69, 9.17) is 5.73 Å². The molecule has 28 heavy (non-hydrogen) atoms. The van der Waals surface area contributed by atoms with Crippen molar-refractivity contribution in [3.8, 4) is 0 Å². The molecule has 1 aromatic carbocycles. The van der Waals surface area contributed by atoms with Gasteiger partial charge in [-0.25, -0.2) is 4.79 Å². The Bertz CT molecular complexity index is 565. The molecule has 0 aromatic heterocycles. The molecule has 158 valence electrons. The van der Waals surface area contributed by atoms with Gasteiger partial charge in [-0.1, -0.05) is 49.6 Å². The van der Waals surface area contributed by atoms with Gasteiger partial charge in [-0.05, 0) is 37.8 Å². The number of halogens is 1. The first-order valence-electron chi connectivity index (χ1n) is 10.2. The van der Waals surface area contributed by atoms with E-state index in [9.17, 15) is 9.59 Å². The summed E-state index contributed by atoms with van der Waals surface area (Å²) in [7, 11) is 0. The fraction of sp³-hybridized carbons (Fsp3) is 0.619. The van der Waals surface area contributed by atoms with Crippen molar-refractivity contribution in [3.63, 3.8) is 0 Å². The number of urea groups is 1. The monoisotopic (exact) mass is 410 g/mol. The number of carbonyl (C=O) groups excluding carboxylic acids is 2. The first kappa shape index (κ1) is 24.2. The minimum absolute atomic E-state index is 0. The second-order valence-corrected chi connectivity index (χ2v) is 7.28. The first-order valence-corrected chi connectivity index (χ1v) is 10.2. The van der Waals surface area contributed by atoms with Crippen molar-refractivity contribution in [2.24, 2.45) is 5.73 Å². The second-order valence-electron chi connectivity index (χ2n) is 7.28. The van der Waals surface area contributed by atoms with Crippen LogP contribution in [0.25, 0.3) is 0 Å². The Hall–Kier alpha value is -1.79. The molecule has 0 spiro atoms. The minimum atomic E-state index is -0.112. The summed E-state index contributed by atoms with van der Waals surface area (Å²) in [5, 5.41) is 5.91. The van der Waals surface area contributed by atoms with E-state index < -0.39 is 0 Å². The van der Waals surface area contributed by atoms with Crippen LogP contribution in [0.3, 0.4) is 0 Å². The van der Waals surface area contributed by atoms with Gasteiger partial charge in [0.1, 0.15) is 0 Å². The van der Waals surface area contributed by atoms with Gasteiger partial charge in [0.25, 0.3) is 0 Å². The smallest absolute Gasteiger partial charge is 0.315 e. The van der Waals surface area contributed by atoms with Gasteiger partial charge in [-0.2, -0.15) is 0 Å². The van der Waals surface area contributed by atoms with E-state index in [-0.39, 0.29) is 24.3 Å². The maximum absolute atomic E-state index is 12.6. The maximum atomic E-state index is 12.6. The molecule has 0 radical (unpaired) electrons. The molecule has 6 nitrogen and oxygen atoms in total. The van der Waals surface area contributed by atoms with Gasteiger partial charge in [0, 0.05) is 32.1 Å². The molecular formula is C21H35ClN4O2. The molecule has 4 N–H and O–H groups in total. The third-order valence-corrected chi connectivity index (χ3v) is 4.99. The number of nitrogens with one attached hydrogen (secondary N) is 2. The van der Waals surface area contributed by atoms with Crippen LogP contribution >= 0.6 is 12.4 Å². The number of carbonyl (C=O) groups is 2. The Balaban J connectivity index is 0.00000392. The van der Waals surface area contributed by atoms with E-state index in [2.05, 4.69) is 10.6 Å². The van der Waals surface area contributed by atoms with E-state index in [0.717, 1.165) is 24.8 Å². The predicted octanol–water partition coefficient (Wildman–Crippen LogP) is 3.20. The highest BCUT2D eigenvalue weighted by atomic mass is 35.5. The van der Waals surface area contributed by atoms with Crippen LogP contribution < -0.4 is 16.4 Å². The predicted molar refractivity (Wildman–Crippen MR) is 115 cm³/mol. The number of nitrogens with two attached hydrogens (primary N) is 1. The lowest BCUT2D eigenvalue weighted by molar-refractivity contribution is -0.132. The number of amides is 3. The fourth-order valence-electron chi connectivity index (χ4n) is 3.46. The maximum Gasteiger partial charge on any atom is 0.315 e. The zero-order valence-corrected chi connectivity index (χ0v) is 17.5. The second kappa shape index (κ2) is 14.2. The summed E-state index contributed by atoms with van der Waals surface area (Å²) < 4.78 is 0. The lowest BCUT2D eigenvalue weighted by Gasteiger charge is -2.23. The molecule has 0 unspecified atom stereocenters. The van der Waals surface area contributed by atoms with Crippen molar-refractivity contribution in [1.82, 2.24) is 15.5 Å². The zero-order chi connectivity index (χ0) is 19.3.